The molecule has 0 aliphatic carbocycles. The van der Waals surface area contributed by atoms with Crippen LogP contribution in [0.5, 0.6) is 0 Å². The van der Waals surface area contributed by atoms with Gasteiger partial charge in [0.1, 0.15) is 11.6 Å². The highest BCUT2D eigenvalue weighted by Crippen LogP contribution is 2.01. The molecular weight excluding hydrogens is 146 g/mol. The van der Waals surface area contributed by atoms with E-state index in [1.165, 1.54) is 0 Å². The minimum Gasteiger partial charge on any atom is -0.204 e. The van der Waals surface area contributed by atoms with Crippen LogP contribution >= 0.6 is 11.6 Å². The Morgan fingerprint density at radius 2 is 2.40 bits per heavy atom. The Labute approximate surface area is 66.3 Å². The summed E-state index contributed by atoms with van der Waals surface area (Å²) in [5.74, 6) is 0. The Morgan fingerprint density at radius 3 is 3.00 bits per heavy atom. The maximum absolute atomic E-state index is 5.76. The van der Waals surface area contributed by atoms with E-state index in [9.17, 15) is 0 Å². The largest absolute Gasteiger partial charge is 0.204 e. The van der Waals surface area contributed by atoms with Crippen molar-refractivity contribution in [3.63, 3.8) is 0 Å². The van der Waals surface area contributed by atoms with Crippen LogP contribution in [0.3, 0.4) is 0 Å². The maximum Gasteiger partial charge on any atom is 0.187 e. The van der Waals surface area contributed by atoms with Crippen LogP contribution in [0.4, 0.5) is 0 Å². The van der Waals surface area contributed by atoms with Gasteiger partial charge in [-0.05, 0) is 6.07 Å². The van der Waals surface area contributed by atoms with Gasteiger partial charge in [0.2, 0.25) is 0 Å². The van der Waals surface area contributed by atoms with E-state index in [2.05, 4.69) is 11.5 Å². The lowest BCUT2D eigenvalue weighted by molar-refractivity contribution is -0.696. The molecule has 2 heteroatoms. The molecule has 0 fully saturated rings. The van der Waals surface area contributed by atoms with Gasteiger partial charge in [0.25, 0.3) is 0 Å². The predicted molar refractivity (Wildman–Crippen MR) is 41.9 cm³/mol. The molecule has 1 rings (SSSR count). The minimum absolute atomic E-state index is 0.802. The first-order valence-electron chi connectivity index (χ1n) is 3.47. The average molecular weight is 157 g/mol. The first-order valence-corrected chi connectivity index (χ1v) is 3.85. The quantitative estimate of drug-likeness (QED) is 0.577. The summed E-state index contributed by atoms with van der Waals surface area (Å²) >= 11 is 5.76. The van der Waals surface area contributed by atoms with Crippen LogP contribution in [0.25, 0.3) is 0 Å². The summed E-state index contributed by atoms with van der Waals surface area (Å²) in [5, 5.41) is 0.802. The molecule has 1 heterocycles. The second-order valence-electron chi connectivity index (χ2n) is 2.26. The van der Waals surface area contributed by atoms with Crippen LogP contribution in [0.2, 0.25) is 5.02 Å². The van der Waals surface area contributed by atoms with Crippen molar-refractivity contribution in [2.75, 3.05) is 0 Å². The van der Waals surface area contributed by atoms with Crippen LogP contribution < -0.4 is 4.57 Å². The van der Waals surface area contributed by atoms with Crippen molar-refractivity contribution < 1.29 is 4.57 Å². The van der Waals surface area contributed by atoms with E-state index < -0.39 is 0 Å². The number of halogens is 1. The topological polar surface area (TPSA) is 3.88 Å². The van der Waals surface area contributed by atoms with Crippen molar-refractivity contribution >= 4 is 11.6 Å². The van der Waals surface area contributed by atoms with Gasteiger partial charge in [0, 0.05) is 12.5 Å². The van der Waals surface area contributed by atoms with E-state index in [4.69, 9.17) is 11.6 Å². The molecule has 0 N–H and O–H groups in total. The summed E-state index contributed by atoms with van der Waals surface area (Å²) < 4.78 is 2.09. The summed E-state index contributed by atoms with van der Waals surface area (Å²) in [6, 6.07) is 3.84. The van der Waals surface area contributed by atoms with Crippen molar-refractivity contribution in [3.05, 3.63) is 29.5 Å². The fourth-order valence-electron chi connectivity index (χ4n) is 0.887. The van der Waals surface area contributed by atoms with E-state index in [1.807, 2.05) is 24.5 Å². The molecule has 1 nitrogen and oxygen atoms in total. The van der Waals surface area contributed by atoms with Gasteiger partial charge >= 0.3 is 0 Å². The van der Waals surface area contributed by atoms with Crippen LogP contribution in [0, 0.1) is 0 Å². The number of rotatable bonds is 2. The molecule has 0 atom stereocenters. The smallest absolute Gasteiger partial charge is 0.187 e. The summed E-state index contributed by atoms with van der Waals surface area (Å²) in [5.41, 5.74) is 0. The molecule has 0 aliphatic rings. The third kappa shape index (κ3) is 1.99. The van der Waals surface area contributed by atoms with Crippen LogP contribution in [0.15, 0.2) is 24.5 Å². The summed E-state index contributed by atoms with van der Waals surface area (Å²) in [4.78, 5) is 0. The van der Waals surface area contributed by atoms with E-state index in [0.29, 0.717) is 0 Å². The van der Waals surface area contributed by atoms with E-state index >= 15 is 0 Å². The van der Waals surface area contributed by atoms with Crippen molar-refractivity contribution in [2.45, 2.75) is 19.9 Å². The first kappa shape index (κ1) is 7.55. The highest BCUT2D eigenvalue weighted by atomic mass is 35.5. The Balaban J connectivity index is 2.75. The molecule has 1 aromatic rings. The Hall–Kier alpha value is -0.560. The monoisotopic (exact) mass is 156 g/mol. The van der Waals surface area contributed by atoms with Gasteiger partial charge in [-0.3, -0.25) is 0 Å². The zero-order valence-electron chi connectivity index (χ0n) is 6.05. The van der Waals surface area contributed by atoms with Gasteiger partial charge in [0.15, 0.2) is 12.4 Å². The van der Waals surface area contributed by atoms with Gasteiger partial charge < -0.3 is 0 Å². The molecule has 0 aliphatic heterocycles. The van der Waals surface area contributed by atoms with Gasteiger partial charge in [0.05, 0.1) is 0 Å². The summed E-state index contributed by atoms with van der Waals surface area (Å²) in [6.07, 6.45) is 5.10. The van der Waals surface area contributed by atoms with Crippen molar-refractivity contribution in [1.82, 2.24) is 0 Å². The van der Waals surface area contributed by atoms with Gasteiger partial charge in [-0.25, -0.2) is 4.57 Å². The first-order chi connectivity index (χ1) is 4.83. The molecule has 0 spiro atoms. The number of hydrogen-bond donors (Lipinski definition) is 0. The van der Waals surface area contributed by atoms with Gasteiger partial charge in [-0.15, -0.1) is 0 Å². The number of hydrogen-bond acceptors (Lipinski definition) is 0. The van der Waals surface area contributed by atoms with Gasteiger partial charge in [-0.1, -0.05) is 18.5 Å². The summed E-state index contributed by atoms with van der Waals surface area (Å²) in [7, 11) is 0. The fraction of sp³-hybridized carbons (Fsp3) is 0.375. The molecule has 10 heavy (non-hydrogen) atoms. The van der Waals surface area contributed by atoms with Gasteiger partial charge in [-0.2, -0.15) is 0 Å². The molecule has 54 valence electrons. The zero-order valence-corrected chi connectivity index (χ0v) is 6.80. The highest BCUT2D eigenvalue weighted by molar-refractivity contribution is 6.30. The number of aryl methyl sites for hydroxylation is 1. The van der Waals surface area contributed by atoms with Crippen molar-refractivity contribution in [2.24, 2.45) is 0 Å². The molecule has 0 saturated heterocycles. The van der Waals surface area contributed by atoms with Crippen LogP contribution in [-0.4, -0.2) is 0 Å². The minimum atomic E-state index is 0.802. The number of pyridine rings is 1. The second-order valence-corrected chi connectivity index (χ2v) is 2.70. The lowest BCUT2D eigenvalue weighted by atomic mass is 10.4. The molecule has 0 radical (unpaired) electrons. The fourth-order valence-corrected chi connectivity index (χ4v) is 1.09. The lowest BCUT2D eigenvalue weighted by Crippen LogP contribution is -2.31. The second kappa shape index (κ2) is 3.57. The average Bonchev–Trinajstić information content (AvgIpc) is 1.88. The van der Waals surface area contributed by atoms with E-state index in [-0.39, 0.29) is 0 Å². The lowest BCUT2D eigenvalue weighted by Gasteiger charge is -1.91. The molecular formula is C8H11ClN+. The Morgan fingerprint density at radius 1 is 1.60 bits per heavy atom. The zero-order chi connectivity index (χ0) is 7.40. The molecule has 0 aromatic carbocycles. The molecule has 0 bridgehead atoms. The van der Waals surface area contributed by atoms with E-state index in [1.54, 1.807) is 0 Å². The SMILES string of the molecule is CCC[n+]1cccc(Cl)c1. The highest BCUT2D eigenvalue weighted by Gasteiger charge is 1.96. The molecule has 1 aromatic heterocycles. The Bertz CT molecular complexity index is 210. The standard InChI is InChI=1S/C8H11ClN/c1-2-5-10-6-3-4-8(9)7-10/h3-4,6-7H,2,5H2,1H3/q+1. The third-order valence-corrected chi connectivity index (χ3v) is 1.53. The van der Waals surface area contributed by atoms with Crippen molar-refractivity contribution in [3.8, 4) is 0 Å². The summed E-state index contributed by atoms with van der Waals surface area (Å²) in [6.45, 7) is 3.19. The maximum atomic E-state index is 5.76. The normalized spacial score (nSPS) is 9.80. The predicted octanol–water partition coefficient (Wildman–Crippen LogP) is 2.04. The van der Waals surface area contributed by atoms with Crippen molar-refractivity contribution in [1.29, 1.82) is 0 Å². The Kier molecular flexibility index (Phi) is 2.69. The van der Waals surface area contributed by atoms with Crippen LogP contribution in [-0.2, 0) is 6.54 Å². The number of aromatic nitrogens is 1. The molecule has 0 amide bonds. The third-order valence-electron chi connectivity index (χ3n) is 1.30. The van der Waals surface area contributed by atoms with Crippen LogP contribution in [0.1, 0.15) is 13.3 Å². The molecule has 0 unspecified atom stereocenters. The number of nitrogens with zero attached hydrogens (tertiary/aromatic N) is 1. The molecule has 0 saturated carbocycles. The van der Waals surface area contributed by atoms with E-state index in [0.717, 1.165) is 18.0 Å².